The molecule has 1 fully saturated rings. The summed E-state index contributed by atoms with van der Waals surface area (Å²) in [5.74, 6) is 0.770. The summed E-state index contributed by atoms with van der Waals surface area (Å²) in [5.41, 5.74) is 1.83. The maximum Gasteiger partial charge on any atom is 0.273 e. The van der Waals surface area contributed by atoms with E-state index in [1.54, 1.807) is 4.57 Å². The van der Waals surface area contributed by atoms with Crippen LogP contribution in [0.2, 0.25) is 5.02 Å². The number of aromatic nitrogens is 2. The van der Waals surface area contributed by atoms with Gasteiger partial charge in [-0.2, -0.15) is 0 Å². The van der Waals surface area contributed by atoms with Crippen LogP contribution in [0.3, 0.4) is 0 Å². The van der Waals surface area contributed by atoms with E-state index in [0.717, 1.165) is 47.4 Å². The lowest BCUT2D eigenvalue weighted by Crippen LogP contribution is -2.36. The third kappa shape index (κ3) is 3.35. The fourth-order valence-electron chi connectivity index (χ4n) is 3.21. The fraction of sp³-hybridized carbons (Fsp3) is 0.333. The lowest BCUT2D eigenvalue weighted by molar-refractivity contribution is 0.553. The van der Waals surface area contributed by atoms with Crippen LogP contribution >= 0.6 is 38.9 Å². The molecule has 0 aliphatic carbocycles. The van der Waals surface area contributed by atoms with Crippen molar-refractivity contribution in [2.75, 3.05) is 18.0 Å². The molecule has 1 aliphatic heterocycles. The van der Waals surface area contributed by atoms with Gasteiger partial charge in [0.25, 0.3) is 5.56 Å². The zero-order valence-corrected chi connectivity index (χ0v) is 16.7. The van der Waals surface area contributed by atoms with Gasteiger partial charge in [0.15, 0.2) is 0 Å². The molecular formula is C18H17BrClN3OS. The molecule has 1 aliphatic rings. The Bertz CT molecular complexity index is 961. The van der Waals surface area contributed by atoms with Crippen molar-refractivity contribution < 1.29 is 0 Å². The third-order valence-electron chi connectivity index (χ3n) is 4.51. The number of thiophene rings is 1. The van der Waals surface area contributed by atoms with Gasteiger partial charge < -0.3 is 4.90 Å². The predicted molar refractivity (Wildman–Crippen MR) is 108 cm³/mol. The summed E-state index contributed by atoms with van der Waals surface area (Å²) in [4.78, 5) is 20.2. The van der Waals surface area contributed by atoms with Crippen LogP contribution in [0.1, 0.15) is 24.8 Å². The predicted octanol–water partition coefficient (Wildman–Crippen LogP) is 4.91. The first-order valence-electron chi connectivity index (χ1n) is 8.30. The standard InChI is InChI=1S/C18H17BrClN3OS/c19-14-11-25-16-15(14)21-18(22-8-2-1-3-9-22)23(17(16)24)10-12-4-6-13(20)7-5-12/h4-7,11H,1-3,8-10H2. The molecule has 0 bridgehead atoms. The number of rotatable bonds is 3. The highest BCUT2D eigenvalue weighted by atomic mass is 79.9. The van der Waals surface area contributed by atoms with E-state index in [1.807, 2.05) is 29.6 Å². The van der Waals surface area contributed by atoms with Crippen molar-refractivity contribution in [2.24, 2.45) is 0 Å². The maximum absolute atomic E-state index is 13.1. The van der Waals surface area contributed by atoms with Gasteiger partial charge in [0, 0.05) is 23.5 Å². The summed E-state index contributed by atoms with van der Waals surface area (Å²) >= 11 is 11.0. The van der Waals surface area contributed by atoms with Crippen LogP contribution < -0.4 is 10.5 Å². The van der Waals surface area contributed by atoms with Gasteiger partial charge in [0.05, 0.1) is 11.0 Å². The molecule has 3 heterocycles. The first-order chi connectivity index (χ1) is 12.1. The van der Waals surface area contributed by atoms with Crippen LogP contribution in [-0.2, 0) is 6.54 Å². The van der Waals surface area contributed by atoms with Crippen molar-refractivity contribution in [3.05, 3.63) is 55.1 Å². The molecule has 0 radical (unpaired) electrons. The number of piperidine rings is 1. The van der Waals surface area contributed by atoms with Gasteiger partial charge in [-0.3, -0.25) is 9.36 Å². The van der Waals surface area contributed by atoms with Crippen LogP contribution in [0.15, 0.2) is 38.9 Å². The Kier molecular flexibility index (Phi) is 4.84. The fourth-order valence-corrected chi connectivity index (χ4v) is 4.85. The molecule has 4 rings (SSSR count). The van der Waals surface area contributed by atoms with Crippen LogP contribution in [0.25, 0.3) is 10.2 Å². The number of hydrogen-bond acceptors (Lipinski definition) is 4. The molecule has 0 N–H and O–H groups in total. The zero-order chi connectivity index (χ0) is 17.4. The Labute approximate surface area is 163 Å². The normalized spacial score (nSPS) is 15.0. The van der Waals surface area contributed by atoms with Gasteiger partial charge in [0.2, 0.25) is 5.95 Å². The first kappa shape index (κ1) is 17.1. The minimum atomic E-state index is 0.0243. The van der Waals surface area contributed by atoms with Crippen molar-refractivity contribution in [3.63, 3.8) is 0 Å². The Morgan fingerprint density at radius 1 is 1.16 bits per heavy atom. The van der Waals surface area contributed by atoms with Crippen molar-refractivity contribution in [1.82, 2.24) is 9.55 Å². The Hall–Kier alpha value is -1.37. The Morgan fingerprint density at radius 3 is 2.60 bits per heavy atom. The van der Waals surface area contributed by atoms with Gasteiger partial charge in [-0.25, -0.2) is 4.98 Å². The number of fused-ring (bicyclic) bond motifs is 1. The first-order valence-corrected chi connectivity index (χ1v) is 10.4. The van der Waals surface area contributed by atoms with E-state index in [-0.39, 0.29) is 5.56 Å². The SMILES string of the molecule is O=c1c2scc(Br)c2nc(N2CCCCC2)n1Cc1ccc(Cl)cc1. The van der Waals surface area contributed by atoms with E-state index < -0.39 is 0 Å². The maximum atomic E-state index is 13.1. The van der Waals surface area contributed by atoms with Crippen molar-refractivity contribution in [1.29, 1.82) is 0 Å². The number of hydrogen-bond donors (Lipinski definition) is 0. The Morgan fingerprint density at radius 2 is 1.88 bits per heavy atom. The summed E-state index contributed by atoms with van der Waals surface area (Å²) in [6, 6.07) is 7.64. The van der Waals surface area contributed by atoms with Crippen LogP contribution in [-0.4, -0.2) is 22.6 Å². The van der Waals surface area contributed by atoms with Crippen LogP contribution in [0.4, 0.5) is 5.95 Å². The lowest BCUT2D eigenvalue weighted by atomic mass is 10.1. The minimum Gasteiger partial charge on any atom is -0.342 e. The smallest absolute Gasteiger partial charge is 0.273 e. The molecule has 4 nitrogen and oxygen atoms in total. The number of benzene rings is 1. The summed E-state index contributed by atoms with van der Waals surface area (Å²) in [5, 5.41) is 2.63. The van der Waals surface area contributed by atoms with E-state index >= 15 is 0 Å². The molecule has 25 heavy (non-hydrogen) atoms. The second kappa shape index (κ2) is 7.09. The van der Waals surface area contributed by atoms with Gasteiger partial charge in [0.1, 0.15) is 10.2 Å². The van der Waals surface area contributed by atoms with E-state index in [9.17, 15) is 4.79 Å². The lowest BCUT2D eigenvalue weighted by Gasteiger charge is -2.29. The average molecular weight is 439 g/mol. The molecule has 1 saturated heterocycles. The van der Waals surface area contributed by atoms with Crippen molar-refractivity contribution in [3.8, 4) is 0 Å². The molecule has 0 spiro atoms. The molecule has 0 unspecified atom stereocenters. The molecule has 0 saturated carbocycles. The third-order valence-corrected chi connectivity index (χ3v) is 6.62. The molecule has 0 amide bonds. The summed E-state index contributed by atoms with van der Waals surface area (Å²) in [6.07, 6.45) is 3.52. The van der Waals surface area contributed by atoms with Gasteiger partial charge in [-0.05, 0) is 52.9 Å². The Balaban J connectivity index is 1.85. The molecule has 2 aromatic heterocycles. The molecule has 1 aromatic carbocycles. The van der Waals surface area contributed by atoms with Gasteiger partial charge in [-0.1, -0.05) is 23.7 Å². The highest BCUT2D eigenvalue weighted by molar-refractivity contribution is 9.10. The average Bonchev–Trinajstić information content (AvgIpc) is 3.01. The second-order valence-electron chi connectivity index (χ2n) is 6.24. The van der Waals surface area contributed by atoms with Crippen LogP contribution in [0, 0.1) is 0 Å². The minimum absolute atomic E-state index is 0.0243. The molecule has 7 heteroatoms. The molecule has 130 valence electrons. The second-order valence-corrected chi connectivity index (χ2v) is 8.41. The number of anilines is 1. The van der Waals surface area contributed by atoms with E-state index in [0.29, 0.717) is 16.3 Å². The summed E-state index contributed by atoms with van der Waals surface area (Å²) < 4.78 is 3.39. The summed E-state index contributed by atoms with van der Waals surface area (Å²) in [7, 11) is 0. The zero-order valence-electron chi connectivity index (χ0n) is 13.5. The monoisotopic (exact) mass is 437 g/mol. The highest BCUT2D eigenvalue weighted by Gasteiger charge is 2.21. The largest absolute Gasteiger partial charge is 0.342 e. The van der Waals surface area contributed by atoms with Crippen molar-refractivity contribution >= 4 is 55.0 Å². The van der Waals surface area contributed by atoms with Crippen LogP contribution in [0.5, 0.6) is 0 Å². The van der Waals surface area contributed by atoms with E-state index in [2.05, 4.69) is 20.8 Å². The molecule has 3 aromatic rings. The number of nitrogens with zero attached hydrogens (tertiary/aromatic N) is 3. The van der Waals surface area contributed by atoms with E-state index in [1.165, 1.54) is 17.8 Å². The number of halogens is 2. The quantitative estimate of drug-likeness (QED) is 0.583. The van der Waals surface area contributed by atoms with Crippen molar-refractivity contribution in [2.45, 2.75) is 25.8 Å². The van der Waals surface area contributed by atoms with Gasteiger partial charge in [-0.15, -0.1) is 11.3 Å². The van der Waals surface area contributed by atoms with E-state index in [4.69, 9.17) is 16.6 Å². The molecule has 0 atom stereocenters. The highest BCUT2D eigenvalue weighted by Crippen LogP contribution is 2.29. The molecular weight excluding hydrogens is 422 g/mol. The van der Waals surface area contributed by atoms with Gasteiger partial charge >= 0.3 is 0 Å². The topological polar surface area (TPSA) is 38.1 Å². The summed E-state index contributed by atoms with van der Waals surface area (Å²) in [6.45, 7) is 2.39.